The van der Waals surface area contributed by atoms with E-state index in [0.717, 1.165) is 18.4 Å². The van der Waals surface area contributed by atoms with E-state index in [9.17, 15) is 5.11 Å². The van der Waals surface area contributed by atoms with E-state index in [1.165, 1.54) is 0 Å². The Labute approximate surface area is 83.8 Å². The lowest BCUT2D eigenvalue weighted by Crippen LogP contribution is -1.95. The number of phenols is 1. The van der Waals surface area contributed by atoms with Crippen LogP contribution in [0.5, 0.6) is 11.5 Å². The third-order valence-corrected chi connectivity index (χ3v) is 2.70. The number of hydrogen-bond acceptors (Lipinski definition) is 2. The quantitative estimate of drug-likeness (QED) is 0.726. The summed E-state index contributed by atoms with van der Waals surface area (Å²) < 4.78 is 5.07. The van der Waals surface area contributed by atoms with Gasteiger partial charge < -0.3 is 9.84 Å². The van der Waals surface area contributed by atoms with Gasteiger partial charge in [-0.05, 0) is 24.8 Å². The van der Waals surface area contributed by atoms with Crippen molar-refractivity contribution in [1.82, 2.24) is 0 Å². The van der Waals surface area contributed by atoms with Crippen molar-refractivity contribution in [2.24, 2.45) is 0 Å². The molecule has 2 rings (SSSR count). The molecule has 2 nitrogen and oxygen atoms in total. The summed E-state index contributed by atoms with van der Waals surface area (Å²) in [6.07, 6.45) is 6.34. The van der Waals surface area contributed by atoms with Crippen LogP contribution in [0.1, 0.15) is 24.3 Å². The highest BCUT2D eigenvalue weighted by Gasteiger charge is 2.18. The average molecular weight is 190 g/mol. The lowest BCUT2D eigenvalue weighted by atomic mass is 9.96. The first-order valence-corrected chi connectivity index (χ1v) is 4.83. The van der Waals surface area contributed by atoms with Gasteiger partial charge >= 0.3 is 0 Å². The highest BCUT2D eigenvalue weighted by molar-refractivity contribution is 5.47. The molecule has 0 heterocycles. The molecule has 0 spiro atoms. The zero-order chi connectivity index (χ0) is 9.97. The smallest absolute Gasteiger partial charge is 0.161 e. The summed E-state index contributed by atoms with van der Waals surface area (Å²) in [7, 11) is 1.58. The first kappa shape index (κ1) is 9.13. The molecule has 1 aromatic rings. The molecule has 1 aliphatic carbocycles. The zero-order valence-electron chi connectivity index (χ0n) is 8.23. The van der Waals surface area contributed by atoms with Gasteiger partial charge in [0.15, 0.2) is 11.5 Å². The predicted molar refractivity (Wildman–Crippen MR) is 55.8 cm³/mol. The molecule has 0 aromatic heterocycles. The zero-order valence-corrected chi connectivity index (χ0v) is 8.23. The van der Waals surface area contributed by atoms with Gasteiger partial charge in [-0.2, -0.15) is 0 Å². The average Bonchev–Trinajstić information content (AvgIpc) is 2.71. The molecule has 0 fully saturated rings. The molecule has 74 valence electrons. The van der Waals surface area contributed by atoms with E-state index in [1.807, 2.05) is 12.1 Å². The maximum absolute atomic E-state index is 9.90. The van der Waals surface area contributed by atoms with Crippen LogP contribution in [-0.2, 0) is 0 Å². The van der Waals surface area contributed by atoms with Gasteiger partial charge in [-0.1, -0.05) is 24.3 Å². The molecular formula is C12H14O2. The first-order valence-electron chi connectivity index (χ1n) is 4.83. The van der Waals surface area contributed by atoms with Crippen molar-refractivity contribution in [1.29, 1.82) is 0 Å². The lowest BCUT2D eigenvalue weighted by molar-refractivity contribution is 0.368. The number of phenolic OH excluding ortho intramolecular Hbond substituents is 1. The van der Waals surface area contributed by atoms with E-state index in [0.29, 0.717) is 17.4 Å². The van der Waals surface area contributed by atoms with Gasteiger partial charge in [0.2, 0.25) is 0 Å². The van der Waals surface area contributed by atoms with Crippen molar-refractivity contribution in [2.75, 3.05) is 7.11 Å². The van der Waals surface area contributed by atoms with Gasteiger partial charge in [-0.25, -0.2) is 0 Å². The van der Waals surface area contributed by atoms with E-state index in [1.54, 1.807) is 13.2 Å². The fourth-order valence-electron chi connectivity index (χ4n) is 1.90. The molecule has 0 unspecified atom stereocenters. The predicted octanol–water partition coefficient (Wildman–Crippen LogP) is 2.83. The second-order valence-electron chi connectivity index (χ2n) is 3.54. The number of allylic oxidation sites excluding steroid dienone is 2. The minimum Gasteiger partial charge on any atom is -0.504 e. The van der Waals surface area contributed by atoms with Crippen LogP contribution in [0.15, 0.2) is 30.4 Å². The number of hydrogen-bond donors (Lipinski definition) is 1. The van der Waals surface area contributed by atoms with Gasteiger partial charge in [0.05, 0.1) is 7.11 Å². The molecule has 0 saturated carbocycles. The maximum Gasteiger partial charge on any atom is 0.161 e. The molecule has 0 aliphatic heterocycles. The van der Waals surface area contributed by atoms with Crippen molar-refractivity contribution >= 4 is 0 Å². The third-order valence-electron chi connectivity index (χ3n) is 2.70. The molecule has 14 heavy (non-hydrogen) atoms. The van der Waals surface area contributed by atoms with Crippen molar-refractivity contribution < 1.29 is 9.84 Å². The summed E-state index contributed by atoms with van der Waals surface area (Å²) >= 11 is 0. The SMILES string of the molecule is COc1cccc(C2CC=CC2)c1O. The van der Waals surface area contributed by atoms with E-state index < -0.39 is 0 Å². The van der Waals surface area contributed by atoms with Crippen LogP contribution in [0.4, 0.5) is 0 Å². The summed E-state index contributed by atoms with van der Waals surface area (Å²) in [5, 5.41) is 9.90. The standard InChI is InChI=1S/C12H14O2/c1-14-11-8-4-7-10(12(11)13)9-5-2-3-6-9/h2-4,7-9,13H,5-6H2,1H3. The number of para-hydroxylation sites is 1. The fourth-order valence-corrected chi connectivity index (χ4v) is 1.90. The third kappa shape index (κ3) is 1.48. The summed E-state index contributed by atoms with van der Waals surface area (Å²) in [5.74, 6) is 1.28. The van der Waals surface area contributed by atoms with Crippen LogP contribution in [-0.4, -0.2) is 12.2 Å². The Kier molecular flexibility index (Phi) is 2.44. The highest BCUT2D eigenvalue weighted by Crippen LogP contribution is 2.39. The van der Waals surface area contributed by atoms with Crippen molar-refractivity contribution in [3.63, 3.8) is 0 Å². The summed E-state index contributed by atoms with van der Waals surface area (Å²) in [6, 6.07) is 5.67. The molecule has 0 bridgehead atoms. The second-order valence-corrected chi connectivity index (χ2v) is 3.54. The lowest BCUT2D eigenvalue weighted by Gasteiger charge is -2.13. The van der Waals surface area contributed by atoms with Gasteiger partial charge in [0, 0.05) is 5.56 Å². The number of rotatable bonds is 2. The van der Waals surface area contributed by atoms with Crippen LogP contribution in [0.3, 0.4) is 0 Å². The largest absolute Gasteiger partial charge is 0.504 e. The van der Waals surface area contributed by atoms with Crippen molar-refractivity contribution in [2.45, 2.75) is 18.8 Å². The Morgan fingerprint density at radius 1 is 1.29 bits per heavy atom. The number of aromatic hydroxyl groups is 1. The molecule has 1 N–H and O–H groups in total. The van der Waals surface area contributed by atoms with E-state index in [4.69, 9.17) is 4.74 Å². The Morgan fingerprint density at radius 3 is 2.64 bits per heavy atom. The highest BCUT2D eigenvalue weighted by atomic mass is 16.5. The van der Waals surface area contributed by atoms with Gasteiger partial charge in [-0.3, -0.25) is 0 Å². The summed E-state index contributed by atoms with van der Waals surface area (Å²) in [6.45, 7) is 0. The van der Waals surface area contributed by atoms with Gasteiger partial charge in [-0.15, -0.1) is 0 Å². The van der Waals surface area contributed by atoms with Crippen LogP contribution < -0.4 is 4.74 Å². The topological polar surface area (TPSA) is 29.5 Å². The molecule has 1 aliphatic rings. The number of ether oxygens (including phenoxy) is 1. The Bertz CT molecular complexity index is 347. The van der Waals surface area contributed by atoms with Gasteiger partial charge in [0.1, 0.15) is 0 Å². The monoisotopic (exact) mass is 190 g/mol. The van der Waals surface area contributed by atoms with E-state index >= 15 is 0 Å². The molecule has 0 amide bonds. The number of methoxy groups -OCH3 is 1. The molecule has 1 aromatic carbocycles. The Hall–Kier alpha value is -1.44. The summed E-state index contributed by atoms with van der Waals surface area (Å²) in [4.78, 5) is 0. The minimum absolute atomic E-state index is 0.295. The molecule has 0 radical (unpaired) electrons. The Balaban J connectivity index is 2.33. The van der Waals surface area contributed by atoms with E-state index in [2.05, 4.69) is 12.2 Å². The molecule has 0 saturated heterocycles. The van der Waals surface area contributed by atoms with Crippen LogP contribution in [0, 0.1) is 0 Å². The first-order chi connectivity index (χ1) is 6.83. The second kappa shape index (κ2) is 3.74. The Morgan fingerprint density at radius 2 is 2.00 bits per heavy atom. The van der Waals surface area contributed by atoms with Crippen molar-refractivity contribution in [3.05, 3.63) is 35.9 Å². The maximum atomic E-state index is 9.90. The normalized spacial score (nSPS) is 16.1. The molecular weight excluding hydrogens is 176 g/mol. The van der Waals surface area contributed by atoms with Crippen LogP contribution in [0.2, 0.25) is 0 Å². The van der Waals surface area contributed by atoms with Crippen LogP contribution in [0.25, 0.3) is 0 Å². The molecule has 0 atom stereocenters. The van der Waals surface area contributed by atoms with Crippen molar-refractivity contribution in [3.8, 4) is 11.5 Å². The fraction of sp³-hybridized carbons (Fsp3) is 0.333. The number of benzene rings is 1. The van der Waals surface area contributed by atoms with E-state index in [-0.39, 0.29) is 0 Å². The minimum atomic E-state index is 0.295. The van der Waals surface area contributed by atoms with Gasteiger partial charge in [0.25, 0.3) is 0 Å². The summed E-state index contributed by atoms with van der Waals surface area (Å²) in [5.41, 5.74) is 0.995. The van der Waals surface area contributed by atoms with Crippen LogP contribution >= 0.6 is 0 Å². The molecule has 2 heteroatoms.